The van der Waals surface area contributed by atoms with E-state index in [2.05, 4.69) is 17.1 Å². The Morgan fingerprint density at radius 1 is 1.12 bits per heavy atom. The molecule has 2 aliphatic rings. The van der Waals surface area contributed by atoms with Crippen molar-refractivity contribution < 1.29 is 4.74 Å². The van der Waals surface area contributed by atoms with E-state index in [4.69, 9.17) is 4.74 Å². The van der Waals surface area contributed by atoms with E-state index in [0.29, 0.717) is 6.10 Å². The van der Waals surface area contributed by atoms with Crippen molar-refractivity contribution in [3.63, 3.8) is 0 Å². The maximum atomic E-state index is 5.96. The zero-order valence-corrected chi connectivity index (χ0v) is 10.6. The Labute approximate surface area is 99.5 Å². The molecule has 1 heterocycles. The molecule has 16 heavy (non-hydrogen) atoms. The van der Waals surface area contributed by atoms with Gasteiger partial charge in [0.15, 0.2) is 0 Å². The summed E-state index contributed by atoms with van der Waals surface area (Å²) >= 11 is 0. The Morgan fingerprint density at radius 3 is 2.50 bits per heavy atom. The van der Waals surface area contributed by atoms with Gasteiger partial charge in [-0.15, -0.1) is 0 Å². The second-order valence-electron chi connectivity index (χ2n) is 5.09. The lowest BCUT2D eigenvalue weighted by atomic mass is 10.1. The molecule has 2 fully saturated rings. The number of hydrogen-bond acceptors (Lipinski definition) is 3. The number of hydrogen-bond donors (Lipinski definition) is 1. The summed E-state index contributed by atoms with van der Waals surface area (Å²) in [7, 11) is 0. The summed E-state index contributed by atoms with van der Waals surface area (Å²) in [6, 6.07) is 0.886. The fraction of sp³-hybridized carbons (Fsp3) is 1.00. The van der Waals surface area contributed by atoms with E-state index in [0.717, 1.165) is 32.3 Å². The van der Waals surface area contributed by atoms with Crippen LogP contribution in [0.25, 0.3) is 0 Å². The molecule has 3 heteroatoms. The zero-order chi connectivity index (χ0) is 11.2. The van der Waals surface area contributed by atoms with Crippen LogP contribution < -0.4 is 5.32 Å². The molecule has 1 saturated carbocycles. The molecule has 0 spiro atoms. The van der Waals surface area contributed by atoms with E-state index in [9.17, 15) is 0 Å². The average Bonchev–Trinajstić information content (AvgIpc) is 3.13. The van der Waals surface area contributed by atoms with Crippen LogP contribution in [0.3, 0.4) is 0 Å². The standard InChI is InChI=1S/C13H26N2O/c1-2-9-15(12-3-4-12)10-11-16-13-5-7-14-8-6-13/h12-14H,2-11H2,1H3. The van der Waals surface area contributed by atoms with Gasteiger partial charge in [-0.1, -0.05) is 6.92 Å². The summed E-state index contributed by atoms with van der Waals surface area (Å²) in [5.74, 6) is 0. The van der Waals surface area contributed by atoms with Crippen molar-refractivity contribution >= 4 is 0 Å². The number of rotatable bonds is 7. The quantitative estimate of drug-likeness (QED) is 0.714. The molecule has 3 nitrogen and oxygen atoms in total. The monoisotopic (exact) mass is 226 g/mol. The first-order valence-electron chi connectivity index (χ1n) is 6.96. The van der Waals surface area contributed by atoms with Crippen LogP contribution in [-0.2, 0) is 4.74 Å². The van der Waals surface area contributed by atoms with Crippen molar-refractivity contribution in [2.24, 2.45) is 0 Å². The van der Waals surface area contributed by atoms with E-state index in [-0.39, 0.29) is 0 Å². The third-order valence-corrected chi connectivity index (χ3v) is 3.59. The largest absolute Gasteiger partial charge is 0.377 e. The summed E-state index contributed by atoms with van der Waals surface area (Å²) in [4.78, 5) is 2.61. The molecular formula is C13H26N2O. The molecule has 0 bridgehead atoms. The first-order valence-corrected chi connectivity index (χ1v) is 6.96. The minimum Gasteiger partial charge on any atom is -0.377 e. The molecule has 2 rings (SSSR count). The third-order valence-electron chi connectivity index (χ3n) is 3.59. The van der Waals surface area contributed by atoms with Crippen LogP contribution in [0.15, 0.2) is 0 Å². The molecule has 0 unspecified atom stereocenters. The van der Waals surface area contributed by atoms with Gasteiger partial charge in [0.25, 0.3) is 0 Å². The molecule has 1 saturated heterocycles. The average molecular weight is 226 g/mol. The predicted molar refractivity (Wildman–Crippen MR) is 66.7 cm³/mol. The van der Waals surface area contributed by atoms with E-state index in [1.807, 2.05) is 0 Å². The van der Waals surface area contributed by atoms with Crippen LogP contribution in [0.4, 0.5) is 0 Å². The molecule has 94 valence electrons. The fourth-order valence-electron chi connectivity index (χ4n) is 2.50. The first kappa shape index (κ1) is 12.3. The Hall–Kier alpha value is -0.120. The van der Waals surface area contributed by atoms with Crippen molar-refractivity contribution in [1.29, 1.82) is 0 Å². The summed E-state index contributed by atoms with van der Waals surface area (Å²) in [5, 5.41) is 3.37. The Bertz CT molecular complexity index is 188. The highest BCUT2D eigenvalue weighted by Crippen LogP contribution is 2.26. The zero-order valence-electron chi connectivity index (χ0n) is 10.6. The van der Waals surface area contributed by atoms with Crippen LogP contribution in [0.1, 0.15) is 39.0 Å². The molecule has 1 aliphatic heterocycles. The molecule has 0 aromatic rings. The maximum absolute atomic E-state index is 5.96. The van der Waals surface area contributed by atoms with E-state index >= 15 is 0 Å². The lowest BCUT2D eigenvalue weighted by Gasteiger charge is -2.26. The van der Waals surface area contributed by atoms with Crippen molar-refractivity contribution in [2.45, 2.75) is 51.2 Å². The molecular weight excluding hydrogens is 200 g/mol. The van der Waals surface area contributed by atoms with Crippen molar-refractivity contribution in [3.8, 4) is 0 Å². The smallest absolute Gasteiger partial charge is 0.0600 e. The molecule has 0 amide bonds. The van der Waals surface area contributed by atoms with Gasteiger partial charge in [0, 0.05) is 12.6 Å². The van der Waals surface area contributed by atoms with Crippen LogP contribution in [0, 0.1) is 0 Å². The summed E-state index contributed by atoms with van der Waals surface area (Å²) in [5.41, 5.74) is 0. The van der Waals surface area contributed by atoms with E-state index in [1.165, 1.54) is 38.6 Å². The minimum atomic E-state index is 0.518. The van der Waals surface area contributed by atoms with Gasteiger partial charge in [-0.2, -0.15) is 0 Å². The summed E-state index contributed by atoms with van der Waals surface area (Å²) < 4.78 is 5.96. The van der Waals surface area contributed by atoms with Gasteiger partial charge in [-0.25, -0.2) is 0 Å². The molecule has 0 atom stereocenters. The van der Waals surface area contributed by atoms with Gasteiger partial charge in [0.05, 0.1) is 12.7 Å². The van der Waals surface area contributed by atoms with Crippen molar-refractivity contribution in [3.05, 3.63) is 0 Å². The Balaban J connectivity index is 1.57. The second kappa shape index (κ2) is 6.58. The number of piperidine rings is 1. The van der Waals surface area contributed by atoms with Gasteiger partial charge in [0.2, 0.25) is 0 Å². The lowest BCUT2D eigenvalue weighted by Crippen LogP contribution is -2.35. The normalized spacial score (nSPS) is 22.9. The van der Waals surface area contributed by atoms with Crippen molar-refractivity contribution in [2.75, 3.05) is 32.8 Å². The summed E-state index contributed by atoms with van der Waals surface area (Å²) in [6.07, 6.45) is 6.99. The van der Waals surface area contributed by atoms with Crippen LogP contribution in [0.5, 0.6) is 0 Å². The summed E-state index contributed by atoms with van der Waals surface area (Å²) in [6.45, 7) is 7.85. The van der Waals surface area contributed by atoms with Crippen LogP contribution >= 0.6 is 0 Å². The van der Waals surface area contributed by atoms with E-state index < -0.39 is 0 Å². The fourth-order valence-corrected chi connectivity index (χ4v) is 2.50. The Kier molecular flexibility index (Phi) is 5.07. The maximum Gasteiger partial charge on any atom is 0.0600 e. The minimum absolute atomic E-state index is 0.518. The SMILES string of the molecule is CCCN(CCOC1CCNCC1)C1CC1. The molecule has 0 radical (unpaired) electrons. The van der Waals surface area contributed by atoms with Crippen LogP contribution in [0.2, 0.25) is 0 Å². The third kappa shape index (κ3) is 4.04. The topological polar surface area (TPSA) is 24.5 Å². The highest BCUT2D eigenvalue weighted by atomic mass is 16.5. The lowest BCUT2D eigenvalue weighted by molar-refractivity contribution is 0.0190. The van der Waals surface area contributed by atoms with Gasteiger partial charge >= 0.3 is 0 Å². The number of nitrogens with zero attached hydrogens (tertiary/aromatic N) is 1. The highest BCUT2D eigenvalue weighted by Gasteiger charge is 2.28. The highest BCUT2D eigenvalue weighted by molar-refractivity contribution is 4.84. The molecule has 0 aromatic carbocycles. The van der Waals surface area contributed by atoms with E-state index in [1.54, 1.807) is 0 Å². The van der Waals surface area contributed by atoms with Crippen LogP contribution in [-0.4, -0.2) is 49.8 Å². The molecule has 1 N–H and O–H groups in total. The van der Waals surface area contributed by atoms with Gasteiger partial charge < -0.3 is 10.1 Å². The number of nitrogens with one attached hydrogen (secondary N) is 1. The van der Waals surface area contributed by atoms with Gasteiger partial charge in [0.1, 0.15) is 0 Å². The van der Waals surface area contributed by atoms with Gasteiger partial charge in [-0.3, -0.25) is 4.90 Å². The predicted octanol–water partition coefficient (Wildman–Crippen LogP) is 1.63. The number of ether oxygens (including phenoxy) is 1. The molecule has 0 aromatic heterocycles. The first-order chi connectivity index (χ1) is 7.90. The Morgan fingerprint density at radius 2 is 1.88 bits per heavy atom. The van der Waals surface area contributed by atoms with Gasteiger partial charge in [-0.05, 0) is 51.7 Å². The second-order valence-corrected chi connectivity index (χ2v) is 5.09. The molecule has 1 aliphatic carbocycles. The van der Waals surface area contributed by atoms with Crippen molar-refractivity contribution in [1.82, 2.24) is 10.2 Å².